The van der Waals surface area contributed by atoms with Crippen molar-refractivity contribution < 1.29 is 0 Å². The second kappa shape index (κ2) is 6.27. The van der Waals surface area contributed by atoms with Gasteiger partial charge in [0.1, 0.15) is 0 Å². The third-order valence-corrected chi connectivity index (χ3v) is 4.51. The molecule has 110 valence electrons. The summed E-state index contributed by atoms with van der Waals surface area (Å²) in [6, 6.07) is 13.1. The lowest BCUT2D eigenvalue weighted by Gasteiger charge is -2.34. The monoisotopic (exact) mass is 281 g/mol. The summed E-state index contributed by atoms with van der Waals surface area (Å²) in [5.41, 5.74) is 11.0. The van der Waals surface area contributed by atoms with Crippen LogP contribution in [-0.2, 0) is 19.4 Å². The summed E-state index contributed by atoms with van der Waals surface area (Å²) < 4.78 is 0. The Bertz CT molecular complexity index is 595. The van der Waals surface area contributed by atoms with E-state index in [2.05, 4.69) is 41.1 Å². The molecule has 1 aliphatic carbocycles. The fourth-order valence-electron chi connectivity index (χ4n) is 3.33. The highest BCUT2D eigenvalue weighted by Crippen LogP contribution is 2.28. The van der Waals surface area contributed by atoms with Crippen LogP contribution in [0.5, 0.6) is 0 Å². The van der Waals surface area contributed by atoms with E-state index in [4.69, 9.17) is 5.73 Å². The molecule has 3 rings (SSSR count). The summed E-state index contributed by atoms with van der Waals surface area (Å²) in [5.74, 6) is 0. The zero-order valence-electron chi connectivity index (χ0n) is 12.6. The first-order valence-corrected chi connectivity index (χ1v) is 7.78. The number of hydrogen-bond acceptors (Lipinski definition) is 3. The molecule has 0 saturated carbocycles. The van der Waals surface area contributed by atoms with Crippen LogP contribution in [-0.4, -0.2) is 22.5 Å². The lowest BCUT2D eigenvalue weighted by molar-refractivity contribution is 0.178. The number of anilines is 1. The lowest BCUT2D eigenvalue weighted by atomic mass is 9.86. The molecule has 0 amide bonds. The maximum absolute atomic E-state index is 6.10. The van der Waals surface area contributed by atoms with Crippen LogP contribution in [0.2, 0.25) is 0 Å². The first-order chi connectivity index (χ1) is 10.3. The Morgan fingerprint density at radius 2 is 2.14 bits per heavy atom. The van der Waals surface area contributed by atoms with Gasteiger partial charge < -0.3 is 5.73 Å². The molecule has 1 aromatic carbocycles. The largest absolute Gasteiger partial charge is 0.398 e. The van der Waals surface area contributed by atoms with Crippen LogP contribution in [0.15, 0.2) is 42.6 Å². The molecular formula is C18H23N3. The predicted octanol–water partition coefficient (Wildman–Crippen LogP) is 3.04. The molecule has 0 saturated heterocycles. The average Bonchev–Trinajstić information content (AvgIpc) is 2.53. The maximum Gasteiger partial charge on any atom is 0.0544 e. The van der Waals surface area contributed by atoms with Crippen LogP contribution < -0.4 is 5.73 Å². The number of benzene rings is 1. The van der Waals surface area contributed by atoms with Gasteiger partial charge in [-0.25, -0.2) is 0 Å². The molecule has 0 aliphatic heterocycles. The first kappa shape index (κ1) is 14.1. The molecule has 2 N–H and O–H groups in total. The van der Waals surface area contributed by atoms with Gasteiger partial charge in [-0.05, 0) is 55.1 Å². The zero-order chi connectivity index (χ0) is 14.7. The topological polar surface area (TPSA) is 42.2 Å². The Balaban J connectivity index is 1.74. The number of hydrogen-bond donors (Lipinski definition) is 1. The molecule has 0 radical (unpaired) electrons. The Kier molecular flexibility index (Phi) is 4.20. The van der Waals surface area contributed by atoms with Crippen molar-refractivity contribution in [1.82, 2.24) is 9.88 Å². The summed E-state index contributed by atoms with van der Waals surface area (Å²) in [5, 5.41) is 0. The third-order valence-electron chi connectivity index (χ3n) is 4.51. The number of nitrogen functional groups attached to an aromatic ring is 1. The summed E-state index contributed by atoms with van der Waals surface area (Å²) in [4.78, 5) is 6.99. The number of nitrogens with two attached hydrogens (primary N) is 1. The molecular weight excluding hydrogens is 258 g/mol. The van der Waals surface area contributed by atoms with Gasteiger partial charge in [0.2, 0.25) is 0 Å². The van der Waals surface area contributed by atoms with E-state index in [1.807, 2.05) is 18.3 Å². The number of likely N-dealkylation sites (N-methyl/N-ethyl adjacent to an activating group) is 1. The second-order valence-corrected chi connectivity index (χ2v) is 5.77. The summed E-state index contributed by atoms with van der Waals surface area (Å²) >= 11 is 0. The fourth-order valence-corrected chi connectivity index (χ4v) is 3.33. The van der Waals surface area contributed by atoms with E-state index in [0.29, 0.717) is 6.04 Å². The highest BCUT2D eigenvalue weighted by atomic mass is 15.2. The van der Waals surface area contributed by atoms with Crippen molar-refractivity contribution in [2.75, 3.05) is 12.3 Å². The van der Waals surface area contributed by atoms with Gasteiger partial charge in [-0.1, -0.05) is 25.1 Å². The fraction of sp³-hybridized carbons (Fsp3) is 0.389. The van der Waals surface area contributed by atoms with E-state index >= 15 is 0 Å². The quantitative estimate of drug-likeness (QED) is 0.876. The van der Waals surface area contributed by atoms with E-state index in [-0.39, 0.29) is 0 Å². The van der Waals surface area contributed by atoms with Crippen molar-refractivity contribution in [2.24, 2.45) is 0 Å². The van der Waals surface area contributed by atoms with E-state index in [9.17, 15) is 0 Å². The molecule has 1 unspecified atom stereocenters. The molecule has 3 heteroatoms. The van der Waals surface area contributed by atoms with E-state index in [1.54, 1.807) is 0 Å². The maximum atomic E-state index is 6.10. The molecule has 21 heavy (non-hydrogen) atoms. The minimum absolute atomic E-state index is 0.589. The number of rotatable bonds is 4. The summed E-state index contributed by atoms with van der Waals surface area (Å²) in [6.07, 6.45) is 5.24. The highest BCUT2D eigenvalue weighted by molar-refractivity contribution is 5.52. The van der Waals surface area contributed by atoms with Crippen molar-refractivity contribution in [1.29, 1.82) is 0 Å². The summed E-state index contributed by atoms with van der Waals surface area (Å²) in [7, 11) is 0. The van der Waals surface area contributed by atoms with Crippen molar-refractivity contribution >= 4 is 5.69 Å². The minimum Gasteiger partial charge on any atom is -0.398 e. The van der Waals surface area contributed by atoms with Crippen LogP contribution in [0.1, 0.15) is 30.2 Å². The molecule has 1 atom stereocenters. The van der Waals surface area contributed by atoms with Crippen LogP contribution in [0.25, 0.3) is 0 Å². The molecule has 0 spiro atoms. The molecule has 1 aliphatic rings. The van der Waals surface area contributed by atoms with Crippen molar-refractivity contribution in [3.05, 3.63) is 59.4 Å². The minimum atomic E-state index is 0.589. The normalized spacial score (nSPS) is 17.7. The van der Waals surface area contributed by atoms with E-state index in [1.165, 1.54) is 17.5 Å². The molecule has 3 nitrogen and oxygen atoms in total. The van der Waals surface area contributed by atoms with Crippen molar-refractivity contribution in [3.63, 3.8) is 0 Å². The first-order valence-electron chi connectivity index (χ1n) is 7.78. The van der Waals surface area contributed by atoms with E-state index < -0.39 is 0 Å². The summed E-state index contributed by atoms with van der Waals surface area (Å²) in [6.45, 7) is 4.22. The van der Waals surface area contributed by atoms with Crippen molar-refractivity contribution in [2.45, 2.75) is 38.8 Å². The van der Waals surface area contributed by atoms with Gasteiger partial charge in [-0.2, -0.15) is 0 Å². The highest BCUT2D eigenvalue weighted by Gasteiger charge is 2.24. The molecule has 1 heterocycles. The zero-order valence-corrected chi connectivity index (χ0v) is 12.6. The number of aromatic nitrogens is 1. The van der Waals surface area contributed by atoms with Gasteiger partial charge in [0.05, 0.1) is 5.69 Å². The molecule has 1 aromatic heterocycles. The van der Waals surface area contributed by atoms with Crippen molar-refractivity contribution in [3.8, 4) is 0 Å². The van der Waals surface area contributed by atoms with Gasteiger partial charge in [-0.15, -0.1) is 0 Å². The Morgan fingerprint density at radius 1 is 1.24 bits per heavy atom. The smallest absolute Gasteiger partial charge is 0.0544 e. The number of nitrogens with zero attached hydrogens (tertiary/aromatic N) is 2. The van der Waals surface area contributed by atoms with Gasteiger partial charge in [0.15, 0.2) is 0 Å². The van der Waals surface area contributed by atoms with Crippen LogP contribution in [0.3, 0.4) is 0 Å². The SMILES string of the molecule is CCN(Cc1ccccn1)C1CCc2c(N)cccc2C1. The van der Waals surface area contributed by atoms with Gasteiger partial charge in [0.25, 0.3) is 0 Å². The lowest BCUT2D eigenvalue weighted by Crippen LogP contribution is -2.39. The number of fused-ring (bicyclic) bond motifs is 1. The second-order valence-electron chi connectivity index (χ2n) is 5.77. The van der Waals surface area contributed by atoms with Gasteiger partial charge in [-0.3, -0.25) is 9.88 Å². The molecule has 0 bridgehead atoms. The Hall–Kier alpha value is -1.87. The average molecular weight is 281 g/mol. The van der Waals surface area contributed by atoms with Crippen LogP contribution in [0.4, 0.5) is 5.69 Å². The Morgan fingerprint density at radius 3 is 2.90 bits per heavy atom. The molecule has 0 fully saturated rings. The Labute approximate surface area is 126 Å². The van der Waals surface area contributed by atoms with Crippen LogP contribution >= 0.6 is 0 Å². The van der Waals surface area contributed by atoms with E-state index in [0.717, 1.165) is 37.3 Å². The van der Waals surface area contributed by atoms with Gasteiger partial charge >= 0.3 is 0 Å². The third kappa shape index (κ3) is 3.08. The number of pyridine rings is 1. The van der Waals surface area contributed by atoms with Crippen LogP contribution in [0, 0.1) is 0 Å². The molecule has 2 aromatic rings. The van der Waals surface area contributed by atoms with Gasteiger partial charge in [0, 0.05) is 24.5 Å². The predicted molar refractivity (Wildman–Crippen MR) is 87.0 cm³/mol. The standard InChI is InChI=1S/C18H23N3/c1-2-21(13-15-7-3-4-11-20-15)16-9-10-17-14(12-16)6-5-8-18(17)19/h3-8,11,16H,2,9-10,12-13,19H2,1H3.